The zero-order valence-electron chi connectivity index (χ0n) is 11.8. The Morgan fingerprint density at radius 1 is 1.25 bits per heavy atom. The van der Waals surface area contributed by atoms with Gasteiger partial charge in [-0.15, -0.1) is 12.4 Å². The topological polar surface area (TPSA) is 69.4 Å². The lowest BCUT2D eigenvalue weighted by Gasteiger charge is -2.32. The molecule has 1 N–H and O–H groups in total. The van der Waals surface area contributed by atoms with Crippen molar-refractivity contribution in [2.24, 2.45) is 0 Å². The van der Waals surface area contributed by atoms with Gasteiger partial charge in [0.2, 0.25) is 0 Å². The van der Waals surface area contributed by atoms with Gasteiger partial charge < -0.3 is 19.3 Å². The Morgan fingerprint density at radius 3 is 2.60 bits per heavy atom. The zero-order chi connectivity index (χ0) is 13.1. The van der Waals surface area contributed by atoms with Crippen LogP contribution in [0.4, 0.5) is 0 Å². The van der Waals surface area contributed by atoms with Gasteiger partial charge in [0.25, 0.3) is 5.89 Å². The first-order chi connectivity index (χ1) is 9.34. The van der Waals surface area contributed by atoms with Crippen LogP contribution < -0.4 is 5.32 Å². The molecule has 7 heteroatoms. The Balaban J connectivity index is 0.00000147. The number of aromatic nitrogens is 2. The van der Waals surface area contributed by atoms with Crippen LogP contribution in [0.5, 0.6) is 0 Å². The Labute approximate surface area is 125 Å². The van der Waals surface area contributed by atoms with Gasteiger partial charge in [-0.3, -0.25) is 0 Å². The van der Waals surface area contributed by atoms with Gasteiger partial charge in [-0.25, -0.2) is 0 Å². The Morgan fingerprint density at radius 2 is 1.95 bits per heavy atom. The fraction of sp³-hybridized carbons (Fsp3) is 0.846. The van der Waals surface area contributed by atoms with Gasteiger partial charge >= 0.3 is 0 Å². The number of ether oxygens (including phenoxy) is 2. The van der Waals surface area contributed by atoms with Crippen LogP contribution in [0.1, 0.15) is 43.3 Å². The third-order valence-corrected chi connectivity index (χ3v) is 4.22. The Hall–Kier alpha value is -0.690. The molecule has 2 saturated heterocycles. The van der Waals surface area contributed by atoms with Gasteiger partial charge in [0, 0.05) is 26.2 Å². The van der Waals surface area contributed by atoms with Crippen molar-refractivity contribution in [1.29, 1.82) is 0 Å². The molecule has 0 radical (unpaired) electrons. The van der Waals surface area contributed by atoms with Gasteiger partial charge in [-0.1, -0.05) is 5.16 Å². The van der Waals surface area contributed by atoms with E-state index in [1.807, 2.05) is 0 Å². The lowest BCUT2D eigenvalue weighted by atomic mass is 9.92. The molecule has 0 spiro atoms. The summed E-state index contributed by atoms with van der Waals surface area (Å²) < 4.78 is 16.6. The molecule has 0 aromatic carbocycles. The Bertz CT molecular complexity index is 415. The molecule has 0 saturated carbocycles. The molecular weight excluding hydrogens is 282 g/mol. The molecule has 1 aromatic rings. The minimum Gasteiger partial charge on any atom is -0.381 e. The molecule has 3 heterocycles. The van der Waals surface area contributed by atoms with E-state index in [0.29, 0.717) is 11.8 Å². The van der Waals surface area contributed by atoms with Crippen molar-refractivity contribution in [3.8, 4) is 0 Å². The number of methoxy groups -OCH3 is 1. The average Bonchev–Trinajstić information content (AvgIpc) is 2.99. The van der Waals surface area contributed by atoms with E-state index in [2.05, 4.69) is 15.5 Å². The highest BCUT2D eigenvalue weighted by molar-refractivity contribution is 5.85. The van der Waals surface area contributed by atoms with Crippen molar-refractivity contribution < 1.29 is 14.0 Å². The molecule has 114 valence electrons. The summed E-state index contributed by atoms with van der Waals surface area (Å²) >= 11 is 0. The SMILES string of the molecule is COC1(c2nc(C3CCOCC3)no2)CCNCC1.Cl. The molecule has 0 amide bonds. The van der Waals surface area contributed by atoms with Gasteiger partial charge in [0.15, 0.2) is 5.82 Å². The van der Waals surface area contributed by atoms with Gasteiger partial charge in [0.1, 0.15) is 5.60 Å². The summed E-state index contributed by atoms with van der Waals surface area (Å²) in [6.45, 7) is 3.41. The van der Waals surface area contributed by atoms with Crippen LogP contribution >= 0.6 is 12.4 Å². The minimum absolute atomic E-state index is 0. The van der Waals surface area contributed by atoms with Crippen LogP contribution in [-0.2, 0) is 15.1 Å². The third-order valence-electron chi connectivity index (χ3n) is 4.22. The maximum atomic E-state index is 5.70. The standard InChI is InChI=1S/C13H21N3O3.ClH/c1-17-13(4-6-14-7-5-13)12-15-11(16-19-12)10-2-8-18-9-3-10;/h10,14H,2-9H2,1H3;1H. The molecule has 0 aliphatic carbocycles. The fourth-order valence-electron chi connectivity index (χ4n) is 2.88. The first-order valence-corrected chi connectivity index (χ1v) is 7.02. The molecular formula is C13H22ClN3O3. The van der Waals surface area contributed by atoms with E-state index in [1.54, 1.807) is 7.11 Å². The predicted octanol–water partition coefficient (Wildman–Crippen LogP) is 1.61. The summed E-state index contributed by atoms with van der Waals surface area (Å²) in [5.41, 5.74) is -0.401. The number of hydrogen-bond donors (Lipinski definition) is 1. The van der Waals surface area contributed by atoms with E-state index in [1.165, 1.54) is 0 Å². The molecule has 0 unspecified atom stereocenters. The quantitative estimate of drug-likeness (QED) is 0.915. The highest BCUT2D eigenvalue weighted by atomic mass is 35.5. The number of nitrogens with zero attached hydrogens (tertiary/aromatic N) is 2. The predicted molar refractivity (Wildman–Crippen MR) is 75.1 cm³/mol. The van der Waals surface area contributed by atoms with Crippen LogP contribution in [-0.4, -0.2) is 43.6 Å². The average molecular weight is 304 g/mol. The number of piperidine rings is 1. The van der Waals surface area contributed by atoms with E-state index in [9.17, 15) is 0 Å². The van der Waals surface area contributed by atoms with E-state index < -0.39 is 5.60 Å². The summed E-state index contributed by atoms with van der Waals surface area (Å²) in [6.07, 6.45) is 3.69. The van der Waals surface area contributed by atoms with Crippen LogP contribution in [0.3, 0.4) is 0 Å². The fourth-order valence-corrected chi connectivity index (χ4v) is 2.88. The smallest absolute Gasteiger partial charge is 0.258 e. The third kappa shape index (κ3) is 2.98. The molecule has 2 aliphatic rings. The van der Waals surface area contributed by atoms with E-state index in [4.69, 9.17) is 14.0 Å². The molecule has 2 aliphatic heterocycles. The second-order valence-electron chi connectivity index (χ2n) is 5.29. The second kappa shape index (κ2) is 6.85. The minimum atomic E-state index is -0.401. The van der Waals surface area contributed by atoms with Crippen molar-refractivity contribution in [2.75, 3.05) is 33.4 Å². The summed E-state index contributed by atoms with van der Waals surface area (Å²) in [7, 11) is 1.73. The van der Waals surface area contributed by atoms with Gasteiger partial charge in [0.05, 0.1) is 0 Å². The number of nitrogens with one attached hydrogen (secondary N) is 1. The highest BCUT2D eigenvalue weighted by Crippen LogP contribution is 2.34. The van der Waals surface area contributed by atoms with Crippen molar-refractivity contribution in [3.05, 3.63) is 11.7 Å². The van der Waals surface area contributed by atoms with Gasteiger partial charge in [-0.2, -0.15) is 4.98 Å². The molecule has 2 fully saturated rings. The lowest BCUT2D eigenvalue weighted by Crippen LogP contribution is -2.41. The first-order valence-electron chi connectivity index (χ1n) is 7.02. The van der Waals surface area contributed by atoms with E-state index in [0.717, 1.165) is 57.8 Å². The monoisotopic (exact) mass is 303 g/mol. The molecule has 1 aromatic heterocycles. The maximum Gasteiger partial charge on any atom is 0.258 e. The van der Waals surface area contributed by atoms with E-state index in [-0.39, 0.29) is 12.4 Å². The molecule has 0 atom stereocenters. The largest absolute Gasteiger partial charge is 0.381 e. The van der Waals surface area contributed by atoms with Crippen LogP contribution in [0.15, 0.2) is 4.52 Å². The van der Waals surface area contributed by atoms with Crippen molar-refractivity contribution in [3.63, 3.8) is 0 Å². The number of halogens is 1. The summed E-state index contributed by atoms with van der Waals surface area (Å²) in [6, 6.07) is 0. The van der Waals surface area contributed by atoms with Crippen LogP contribution in [0.25, 0.3) is 0 Å². The molecule has 3 rings (SSSR count). The molecule has 20 heavy (non-hydrogen) atoms. The summed E-state index contributed by atoms with van der Waals surface area (Å²) in [4.78, 5) is 4.61. The van der Waals surface area contributed by atoms with Crippen LogP contribution in [0.2, 0.25) is 0 Å². The van der Waals surface area contributed by atoms with Crippen molar-refractivity contribution >= 4 is 12.4 Å². The van der Waals surface area contributed by atoms with Crippen molar-refractivity contribution in [2.45, 2.75) is 37.2 Å². The number of hydrogen-bond acceptors (Lipinski definition) is 6. The highest BCUT2D eigenvalue weighted by Gasteiger charge is 2.40. The molecule has 0 bridgehead atoms. The molecule has 6 nitrogen and oxygen atoms in total. The second-order valence-corrected chi connectivity index (χ2v) is 5.29. The maximum absolute atomic E-state index is 5.70. The summed E-state index contributed by atoms with van der Waals surface area (Å²) in [5.74, 6) is 1.81. The van der Waals surface area contributed by atoms with Gasteiger partial charge in [-0.05, 0) is 38.8 Å². The number of rotatable bonds is 3. The summed E-state index contributed by atoms with van der Waals surface area (Å²) in [5, 5.41) is 7.49. The normalized spacial score (nSPS) is 23.2. The zero-order valence-corrected chi connectivity index (χ0v) is 12.6. The van der Waals surface area contributed by atoms with E-state index >= 15 is 0 Å². The lowest BCUT2D eigenvalue weighted by molar-refractivity contribution is -0.0622. The first kappa shape index (κ1) is 15.7. The Kier molecular flexibility index (Phi) is 5.37. The van der Waals surface area contributed by atoms with Crippen LogP contribution in [0, 0.1) is 0 Å². The van der Waals surface area contributed by atoms with Crippen molar-refractivity contribution in [1.82, 2.24) is 15.5 Å².